The van der Waals surface area contributed by atoms with Gasteiger partial charge in [0, 0.05) is 16.2 Å². The summed E-state index contributed by atoms with van der Waals surface area (Å²) in [7, 11) is 0. The Labute approximate surface area is 119 Å². The molecule has 0 spiro atoms. The molecule has 1 atom stereocenters. The smallest absolute Gasteiger partial charge is 0.0510 e. The van der Waals surface area contributed by atoms with Gasteiger partial charge >= 0.3 is 0 Å². The maximum atomic E-state index is 5.77. The third-order valence-corrected chi connectivity index (χ3v) is 4.74. The van der Waals surface area contributed by atoms with Crippen molar-refractivity contribution < 1.29 is 0 Å². The second-order valence-corrected chi connectivity index (χ2v) is 5.95. The molecule has 1 aromatic heterocycles. The summed E-state index contributed by atoms with van der Waals surface area (Å²) in [5.74, 6) is 5.77. The zero-order valence-electron chi connectivity index (χ0n) is 11.6. The minimum atomic E-state index is 0.194. The van der Waals surface area contributed by atoms with Crippen molar-refractivity contribution in [2.24, 2.45) is 5.84 Å². The first-order chi connectivity index (χ1) is 9.28. The van der Waals surface area contributed by atoms with Gasteiger partial charge in [0.2, 0.25) is 0 Å². The normalized spacial score (nSPS) is 12.6. The van der Waals surface area contributed by atoms with E-state index in [4.69, 9.17) is 5.84 Å². The summed E-state index contributed by atoms with van der Waals surface area (Å²) in [6, 6.07) is 13.2. The Bertz CT molecular complexity index is 519. The van der Waals surface area contributed by atoms with E-state index in [-0.39, 0.29) is 6.04 Å². The fraction of sp³-hybridized carbons (Fsp3) is 0.375. The lowest BCUT2D eigenvalue weighted by atomic mass is 9.96. The van der Waals surface area contributed by atoms with Crippen molar-refractivity contribution in [3.05, 3.63) is 57.3 Å². The fourth-order valence-corrected chi connectivity index (χ4v) is 3.38. The molecule has 0 saturated carbocycles. The van der Waals surface area contributed by atoms with Gasteiger partial charge in [-0.1, -0.05) is 38.1 Å². The van der Waals surface area contributed by atoms with E-state index in [1.807, 2.05) is 11.3 Å². The molecule has 102 valence electrons. The molecule has 0 saturated heterocycles. The van der Waals surface area contributed by atoms with Gasteiger partial charge < -0.3 is 0 Å². The number of thiophene rings is 1. The molecule has 0 bridgehead atoms. The third kappa shape index (κ3) is 3.44. The lowest BCUT2D eigenvalue weighted by molar-refractivity contribution is 0.551. The van der Waals surface area contributed by atoms with Crippen LogP contribution in [0.1, 0.15) is 40.8 Å². The summed E-state index contributed by atoms with van der Waals surface area (Å²) in [6.45, 7) is 4.38. The SMILES string of the molecule is CCc1ccc(CC(NN)c2ccccc2CC)s1. The molecule has 0 radical (unpaired) electrons. The van der Waals surface area contributed by atoms with Gasteiger partial charge in [0.1, 0.15) is 0 Å². The lowest BCUT2D eigenvalue weighted by Crippen LogP contribution is -2.30. The first-order valence-electron chi connectivity index (χ1n) is 6.90. The molecule has 0 aliphatic rings. The van der Waals surface area contributed by atoms with Crippen LogP contribution in [-0.2, 0) is 19.3 Å². The maximum absolute atomic E-state index is 5.77. The Morgan fingerprint density at radius 1 is 1.05 bits per heavy atom. The Morgan fingerprint density at radius 2 is 1.79 bits per heavy atom. The van der Waals surface area contributed by atoms with Gasteiger partial charge in [0.05, 0.1) is 6.04 Å². The largest absolute Gasteiger partial charge is 0.271 e. The van der Waals surface area contributed by atoms with E-state index in [9.17, 15) is 0 Å². The van der Waals surface area contributed by atoms with Crippen molar-refractivity contribution in [2.45, 2.75) is 39.2 Å². The Morgan fingerprint density at radius 3 is 2.42 bits per heavy atom. The average molecular weight is 274 g/mol. The van der Waals surface area contributed by atoms with Crippen molar-refractivity contribution in [1.82, 2.24) is 5.43 Å². The van der Waals surface area contributed by atoms with Crippen LogP contribution in [0, 0.1) is 0 Å². The summed E-state index contributed by atoms with van der Waals surface area (Å²) in [4.78, 5) is 2.83. The van der Waals surface area contributed by atoms with Gasteiger partial charge in [-0.25, -0.2) is 0 Å². The third-order valence-electron chi connectivity index (χ3n) is 3.48. The van der Waals surface area contributed by atoms with Crippen LogP contribution in [0.5, 0.6) is 0 Å². The second-order valence-electron chi connectivity index (χ2n) is 4.70. The van der Waals surface area contributed by atoms with E-state index >= 15 is 0 Å². The fourth-order valence-electron chi connectivity index (χ4n) is 2.38. The molecular weight excluding hydrogens is 252 g/mol. The zero-order chi connectivity index (χ0) is 13.7. The van der Waals surface area contributed by atoms with Gasteiger partial charge in [-0.2, -0.15) is 0 Å². The molecule has 0 amide bonds. The molecule has 0 aliphatic carbocycles. The van der Waals surface area contributed by atoms with Gasteiger partial charge in [-0.05, 0) is 36.1 Å². The molecule has 2 aromatic rings. The van der Waals surface area contributed by atoms with Gasteiger partial charge in [0.15, 0.2) is 0 Å². The van der Waals surface area contributed by atoms with Crippen molar-refractivity contribution >= 4 is 11.3 Å². The molecule has 19 heavy (non-hydrogen) atoms. The lowest BCUT2D eigenvalue weighted by Gasteiger charge is -2.18. The highest BCUT2D eigenvalue weighted by Crippen LogP contribution is 2.26. The number of nitrogens with one attached hydrogen (secondary N) is 1. The Balaban J connectivity index is 2.19. The van der Waals surface area contributed by atoms with Crippen LogP contribution < -0.4 is 11.3 Å². The molecule has 3 heteroatoms. The molecule has 1 unspecified atom stereocenters. The molecule has 1 aromatic carbocycles. The first-order valence-corrected chi connectivity index (χ1v) is 7.71. The summed E-state index contributed by atoms with van der Waals surface area (Å²) in [6.07, 6.45) is 3.11. The van der Waals surface area contributed by atoms with E-state index in [1.54, 1.807) is 0 Å². The van der Waals surface area contributed by atoms with Crippen LogP contribution in [0.15, 0.2) is 36.4 Å². The number of nitrogens with two attached hydrogens (primary N) is 1. The summed E-state index contributed by atoms with van der Waals surface area (Å²) < 4.78 is 0. The van der Waals surface area contributed by atoms with Crippen LogP contribution >= 0.6 is 11.3 Å². The topological polar surface area (TPSA) is 38.0 Å². The highest BCUT2D eigenvalue weighted by atomic mass is 32.1. The monoisotopic (exact) mass is 274 g/mol. The predicted molar refractivity (Wildman–Crippen MR) is 83.3 cm³/mol. The van der Waals surface area contributed by atoms with Crippen LogP contribution in [0.3, 0.4) is 0 Å². The van der Waals surface area contributed by atoms with Crippen LogP contribution in [0.25, 0.3) is 0 Å². The number of benzene rings is 1. The summed E-state index contributed by atoms with van der Waals surface area (Å²) >= 11 is 1.89. The van der Waals surface area contributed by atoms with Crippen LogP contribution in [0.4, 0.5) is 0 Å². The average Bonchev–Trinajstić information content (AvgIpc) is 2.92. The van der Waals surface area contributed by atoms with Gasteiger partial charge in [0.25, 0.3) is 0 Å². The molecule has 3 N–H and O–H groups in total. The molecule has 1 heterocycles. The summed E-state index contributed by atoms with van der Waals surface area (Å²) in [5.41, 5.74) is 5.67. The second kappa shape index (κ2) is 6.85. The highest BCUT2D eigenvalue weighted by molar-refractivity contribution is 7.11. The van der Waals surface area contributed by atoms with Crippen molar-refractivity contribution in [1.29, 1.82) is 0 Å². The predicted octanol–water partition coefficient (Wildman–Crippen LogP) is 3.62. The van der Waals surface area contributed by atoms with Gasteiger partial charge in [-0.15, -0.1) is 11.3 Å². The summed E-state index contributed by atoms with van der Waals surface area (Å²) in [5, 5.41) is 0. The quantitative estimate of drug-likeness (QED) is 0.623. The van der Waals surface area contributed by atoms with E-state index in [0.717, 1.165) is 19.3 Å². The van der Waals surface area contributed by atoms with E-state index in [1.165, 1.54) is 20.9 Å². The number of hydrogen-bond acceptors (Lipinski definition) is 3. The number of rotatable bonds is 6. The Hall–Kier alpha value is -1.16. The number of hydrazine groups is 1. The first kappa shape index (κ1) is 14.3. The Kier molecular flexibility index (Phi) is 5.14. The zero-order valence-corrected chi connectivity index (χ0v) is 12.5. The van der Waals surface area contributed by atoms with Crippen molar-refractivity contribution in [2.75, 3.05) is 0 Å². The van der Waals surface area contributed by atoms with Crippen molar-refractivity contribution in [3.8, 4) is 0 Å². The molecular formula is C16H22N2S. The molecule has 0 aliphatic heterocycles. The molecule has 2 rings (SSSR count). The standard InChI is InChI=1S/C16H22N2S/c1-3-12-7-5-6-8-15(12)16(18-17)11-14-10-9-13(4-2)19-14/h5-10,16,18H,3-4,11,17H2,1-2H3. The minimum absolute atomic E-state index is 0.194. The van der Waals surface area contributed by atoms with E-state index < -0.39 is 0 Å². The van der Waals surface area contributed by atoms with Crippen molar-refractivity contribution in [3.63, 3.8) is 0 Å². The molecule has 0 fully saturated rings. The van der Waals surface area contributed by atoms with E-state index in [2.05, 4.69) is 55.7 Å². The molecule has 2 nitrogen and oxygen atoms in total. The van der Waals surface area contributed by atoms with Gasteiger partial charge in [-0.3, -0.25) is 11.3 Å². The highest BCUT2D eigenvalue weighted by Gasteiger charge is 2.14. The minimum Gasteiger partial charge on any atom is -0.271 e. The number of aryl methyl sites for hydroxylation is 2. The maximum Gasteiger partial charge on any atom is 0.0510 e. The number of hydrogen-bond donors (Lipinski definition) is 2. The van der Waals surface area contributed by atoms with Crippen LogP contribution in [0.2, 0.25) is 0 Å². The van der Waals surface area contributed by atoms with Crippen LogP contribution in [-0.4, -0.2) is 0 Å². The van der Waals surface area contributed by atoms with E-state index in [0.29, 0.717) is 0 Å².